The number of carbonyl (C=O) groups is 2. The SMILES string of the molecule is O=C(NC(C(=O)O)c1ccccc1)c1ccc(Cl)cn1. The Balaban J connectivity index is 2.19. The lowest BCUT2D eigenvalue weighted by atomic mass is 10.1. The van der Waals surface area contributed by atoms with Gasteiger partial charge in [0.05, 0.1) is 5.02 Å². The second-order valence-corrected chi connectivity index (χ2v) is 4.45. The van der Waals surface area contributed by atoms with E-state index in [0.717, 1.165) is 0 Å². The van der Waals surface area contributed by atoms with Gasteiger partial charge >= 0.3 is 5.97 Å². The van der Waals surface area contributed by atoms with E-state index in [1.54, 1.807) is 30.3 Å². The number of nitrogens with one attached hydrogen (secondary N) is 1. The van der Waals surface area contributed by atoms with E-state index in [4.69, 9.17) is 11.6 Å². The fourth-order valence-electron chi connectivity index (χ4n) is 1.65. The molecule has 0 aliphatic heterocycles. The molecular weight excluding hydrogens is 280 g/mol. The van der Waals surface area contributed by atoms with Gasteiger partial charge in [0.25, 0.3) is 5.91 Å². The molecule has 0 aliphatic rings. The molecule has 1 heterocycles. The minimum atomic E-state index is -1.14. The second-order valence-electron chi connectivity index (χ2n) is 4.02. The van der Waals surface area contributed by atoms with Gasteiger partial charge in [-0.25, -0.2) is 9.78 Å². The van der Waals surface area contributed by atoms with Crippen molar-refractivity contribution in [1.29, 1.82) is 0 Å². The summed E-state index contributed by atoms with van der Waals surface area (Å²) in [6.45, 7) is 0. The summed E-state index contributed by atoms with van der Waals surface area (Å²) in [4.78, 5) is 27.1. The molecule has 20 heavy (non-hydrogen) atoms. The molecule has 1 atom stereocenters. The minimum Gasteiger partial charge on any atom is -0.479 e. The van der Waals surface area contributed by atoms with E-state index in [9.17, 15) is 14.7 Å². The van der Waals surface area contributed by atoms with E-state index in [1.807, 2.05) is 0 Å². The first-order valence-electron chi connectivity index (χ1n) is 5.78. The van der Waals surface area contributed by atoms with E-state index < -0.39 is 17.9 Å². The van der Waals surface area contributed by atoms with Gasteiger partial charge in [-0.3, -0.25) is 4.79 Å². The third-order valence-corrected chi connectivity index (χ3v) is 2.84. The van der Waals surface area contributed by atoms with Crippen molar-refractivity contribution in [3.05, 3.63) is 64.9 Å². The first kappa shape index (κ1) is 14.0. The van der Waals surface area contributed by atoms with Crippen LogP contribution in [0.4, 0.5) is 0 Å². The third-order valence-electron chi connectivity index (χ3n) is 2.62. The molecule has 1 amide bonds. The Morgan fingerprint density at radius 2 is 1.85 bits per heavy atom. The fourth-order valence-corrected chi connectivity index (χ4v) is 1.76. The van der Waals surface area contributed by atoms with E-state index >= 15 is 0 Å². The van der Waals surface area contributed by atoms with Crippen LogP contribution in [0.3, 0.4) is 0 Å². The molecule has 0 radical (unpaired) electrons. The van der Waals surface area contributed by atoms with Crippen molar-refractivity contribution < 1.29 is 14.7 Å². The number of rotatable bonds is 4. The van der Waals surface area contributed by atoms with Crippen LogP contribution in [0.15, 0.2) is 48.7 Å². The number of hydrogen-bond acceptors (Lipinski definition) is 3. The van der Waals surface area contributed by atoms with Crippen molar-refractivity contribution in [3.63, 3.8) is 0 Å². The lowest BCUT2D eigenvalue weighted by Crippen LogP contribution is -2.34. The zero-order valence-electron chi connectivity index (χ0n) is 10.3. The van der Waals surface area contributed by atoms with Crippen molar-refractivity contribution >= 4 is 23.5 Å². The highest BCUT2D eigenvalue weighted by molar-refractivity contribution is 6.30. The van der Waals surface area contributed by atoms with E-state index in [-0.39, 0.29) is 5.69 Å². The number of halogens is 1. The number of carboxylic acid groups (broad SMARTS) is 1. The summed E-state index contributed by atoms with van der Waals surface area (Å²) in [7, 11) is 0. The van der Waals surface area contributed by atoms with Crippen molar-refractivity contribution in [3.8, 4) is 0 Å². The quantitative estimate of drug-likeness (QED) is 0.905. The second kappa shape index (κ2) is 6.16. The lowest BCUT2D eigenvalue weighted by molar-refractivity contribution is -0.139. The van der Waals surface area contributed by atoms with Crippen LogP contribution in [-0.4, -0.2) is 22.0 Å². The molecule has 1 aromatic heterocycles. The molecule has 0 saturated carbocycles. The van der Waals surface area contributed by atoms with Crippen LogP contribution in [0.5, 0.6) is 0 Å². The number of carboxylic acids is 1. The molecule has 0 bridgehead atoms. The Hall–Kier alpha value is -2.40. The third kappa shape index (κ3) is 3.33. The maximum absolute atomic E-state index is 12.0. The Bertz CT molecular complexity index is 614. The molecule has 2 aromatic rings. The van der Waals surface area contributed by atoms with Crippen LogP contribution >= 0.6 is 11.6 Å². The maximum Gasteiger partial charge on any atom is 0.330 e. The van der Waals surface area contributed by atoms with Gasteiger partial charge in [-0.05, 0) is 17.7 Å². The summed E-state index contributed by atoms with van der Waals surface area (Å²) in [5, 5.41) is 12.0. The Morgan fingerprint density at radius 3 is 2.40 bits per heavy atom. The van der Waals surface area contributed by atoms with Gasteiger partial charge in [0.1, 0.15) is 5.69 Å². The molecule has 2 rings (SSSR count). The molecule has 1 aromatic carbocycles. The summed E-state index contributed by atoms with van der Waals surface area (Å²) in [6.07, 6.45) is 1.33. The lowest BCUT2D eigenvalue weighted by Gasteiger charge is -2.14. The zero-order valence-corrected chi connectivity index (χ0v) is 11.0. The molecule has 1 unspecified atom stereocenters. The first-order valence-corrected chi connectivity index (χ1v) is 6.16. The van der Waals surface area contributed by atoms with Gasteiger partial charge in [0, 0.05) is 6.20 Å². The van der Waals surface area contributed by atoms with Crippen LogP contribution in [0.25, 0.3) is 0 Å². The number of aliphatic carboxylic acids is 1. The van der Waals surface area contributed by atoms with Gasteiger partial charge in [0.2, 0.25) is 0 Å². The average Bonchev–Trinajstić information content (AvgIpc) is 2.46. The highest BCUT2D eigenvalue weighted by Crippen LogP contribution is 2.14. The number of benzene rings is 1. The predicted molar refractivity (Wildman–Crippen MR) is 73.5 cm³/mol. The van der Waals surface area contributed by atoms with Gasteiger partial charge in [-0.1, -0.05) is 41.9 Å². The van der Waals surface area contributed by atoms with Gasteiger partial charge in [-0.15, -0.1) is 0 Å². The summed E-state index contributed by atoms with van der Waals surface area (Å²) in [6, 6.07) is 10.3. The van der Waals surface area contributed by atoms with E-state index in [2.05, 4.69) is 10.3 Å². The smallest absolute Gasteiger partial charge is 0.330 e. The molecule has 6 heteroatoms. The topological polar surface area (TPSA) is 79.3 Å². The van der Waals surface area contributed by atoms with Crippen molar-refractivity contribution in [1.82, 2.24) is 10.3 Å². The number of nitrogens with zero attached hydrogens (tertiary/aromatic N) is 1. The highest BCUT2D eigenvalue weighted by atomic mass is 35.5. The molecule has 102 valence electrons. The normalized spacial score (nSPS) is 11.7. The van der Waals surface area contributed by atoms with Gasteiger partial charge in [-0.2, -0.15) is 0 Å². The number of carbonyl (C=O) groups excluding carboxylic acids is 1. The van der Waals surface area contributed by atoms with E-state index in [1.165, 1.54) is 18.3 Å². The fraction of sp³-hybridized carbons (Fsp3) is 0.0714. The molecular formula is C14H11ClN2O3. The van der Waals surface area contributed by atoms with Crippen LogP contribution in [-0.2, 0) is 4.79 Å². The van der Waals surface area contributed by atoms with Crippen molar-refractivity contribution in [2.75, 3.05) is 0 Å². The van der Waals surface area contributed by atoms with Crippen molar-refractivity contribution in [2.24, 2.45) is 0 Å². The van der Waals surface area contributed by atoms with Gasteiger partial charge < -0.3 is 10.4 Å². The number of pyridine rings is 1. The first-order chi connectivity index (χ1) is 9.58. The van der Waals surface area contributed by atoms with Crippen LogP contribution in [0.2, 0.25) is 5.02 Å². The standard InChI is InChI=1S/C14H11ClN2O3/c15-10-6-7-11(16-8-10)13(18)17-12(14(19)20)9-4-2-1-3-5-9/h1-8,12H,(H,17,18)(H,19,20). The molecule has 5 nitrogen and oxygen atoms in total. The van der Waals surface area contributed by atoms with Crippen LogP contribution in [0.1, 0.15) is 22.1 Å². The largest absolute Gasteiger partial charge is 0.479 e. The van der Waals surface area contributed by atoms with Crippen LogP contribution in [0, 0.1) is 0 Å². The zero-order chi connectivity index (χ0) is 14.5. The van der Waals surface area contributed by atoms with Crippen molar-refractivity contribution in [2.45, 2.75) is 6.04 Å². The average molecular weight is 291 g/mol. The van der Waals surface area contributed by atoms with Gasteiger partial charge in [0.15, 0.2) is 6.04 Å². The molecule has 0 saturated heterocycles. The Labute approximate surface area is 120 Å². The highest BCUT2D eigenvalue weighted by Gasteiger charge is 2.22. The summed E-state index contributed by atoms with van der Waals surface area (Å²) in [5.74, 6) is -1.71. The predicted octanol–water partition coefficient (Wildman–Crippen LogP) is 2.29. The Morgan fingerprint density at radius 1 is 1.15 bits per heavy atom. The number of amides is 1. The molecule has 0 spiro atoms. The number of aromatic nitrogens is 1. The maximum atomic E-state index is 12.0. The number of hydrogen-bond donors (Lipinski definition) is 2. The monoisotopic (exact) mass is 290 g/mol. The molecule has 2 N–H and O–H groups in total. The van der Waals surface area contributed by atoms with Crippen LogP contribution < -0.4 is 5.32 Å². The summed E-state index contributed by atoms with van der Waals surface area (Å²) < 4.78 is 0. The summed E-state index contributed by atoms with van der Waals surface area (Å²) >= 11 is 5.68. The minimum absolute atomic E-state index is 0.108. The summed E-state index contributed by atoms with van der Waals surface area (Å²) in [5.41, 5.74) is 0.596. The molecule has 0 aliphatic carbocycles. The molecule has 0 fully saturated rings. The van der Waals surface area contributed by atoms with E-state index in [0.29, 0.717) is 10.6 Å². The Kier molecular flexibility index (Phi) is 4.32.